The molecule has 0 atom stereocenters. The van der Waals surface area contributed by atoms with Crippen LogP contribution >= 0.6 is 0 Å². The van der Waals surface area contributed by atoms with Crippen molar-refractivity contribution in [3.05, 3.63) is 11.6 Å². The van der Waals surface area contributed by atoms with E-state index >= 15 is 0 Å². The second-order valence-corrected chi connectivity index (χ2v) is 3.42. The van der Waals surface area contributed by atoms with Crippen LogP contribution in [0.25, 0.3) is 0 Å². The summed E-state index contributed by atoms with van der Waals surface area (Å²) in [4.78, 5) is 7.54. The van der Waals surface area contributed by atoms with Crippen molar-refractivity contribution < 1.29 is 0 Å². The normalized spacial score (nSPS) is 25.9. The minimum Gasteiger partial charge on any atom is -0.315 e. The molecule has 3 aliphatic heterocycles. The monoisotopic (exact) mass is 234 g/mol. The first-order valence-corrected chi connectivity index (χ1v) is 5.49. The van der Waals surface area contributed by atoms with Gasteiger partial charge in [-0.1, -0.05) is 0 Å². The summed E-state index contributed by atoms with van der Waals surface area (Å²) in [6.07, 6.45) is 3.96. The molecule has 17 heavy (non-hydrogen) atoms. The quantitative estimate of drug-likeness (QED) is 0.644. The van der Waals surface area contributed by atoms with Gasteiger partial charge < -0.3 is 10.6 Å². The minimum atomic E-state index is 0.414. The molecule has 90 valence electrons. The highest BCUT2D eigenvalue weighted by Crippen LogP contribution is 2.16. The van der Waals surface area contributed by atoms with Crippen molar-refractivity contribution in [2.24, 2.45) is 30.4 Å². The van der Waals surface area contributed by atoms with Crippen LogP contribution in [0.15, 0.2) is 42.1 Å². The van der Waals surface area contributed by atoms with Gasteiger partial charge in [0, 0.05) is 13.1 Å². The summed E-state index contributed by atoms with van der Waals surface area (Å²) in [7, 11) is 0. The molecular formula is C9H14N8. The van der Waals surface area contributed by atoms with Gasteiger partial charge in [0.1, 0.15) is 12.7 Å². The van der Waals surface area contributed by atoms with Crippen LogP contribution in [-0.4, -0.2) is 38.9 Å². The molecule has 0 aromatic carbocycles. The van der Waals surface area contributed by atoms with Gasteiger partial charge in [-0.2, -0.15) is 0 Å². The summed E-state index contributed by atoms with van der Waals surface area (Å²) in [6.45, 7) is 4.65. The summed E-state index contributed by atoms with van der Waals surface area (Å²) in [5.74, 6) is 0.829. The molecule has 0 amide bonds. The molecule has 0 saturated carbocycles. The van der Waals surface area contributed by atoms with Crippen molar-refractivity contribution in [2.75, 3.05) is 26.2 Å². The maximum absolute atomic E-state index is 3.77. The predicted molar refractivity (Wildman–Crippen MR) is 64.1 cm³/mol. The van der Waals surface area contributed by atoms with E-state index in [4.69, 9.17) is 0 Å². The van der Waals surface area contributed by atoms with Crippen LogP contribution in [-0.2, 0) is 0 Å². The Hall–Kier alpha value is -1.80. The van der Waals surface area contributed by atoms with Crippen LogP contribution in [0.1, 0.15) is 6.42 Å². The number of nitrogens with one attached hydrogen (secondary N) is 2. The van der Waals surface area contributed by atoms with Crippen molar-refractivity contribution >= 4 is 12.7 Å². The molecule has 3 heterocycles. The number of rotatable bonds is 0. The average molecular weight is 234 g/mol. The van der Waals surface area contributed by atoms with Crippen molar-refractivity contribution in [2.45, 2.75) is 6.42 Å². The lowest BCUT2D eigenvalue weighted by atomic mass is 10.4. The molecule has 1 fully saturated rings. The summed E-state index contributed by atoms with van der Waals surface area (Å²) >= 11 is 0. The molecule has 0 aromatic rings. The zero-order valence-corrected chi connectivity index (χ0v) is 9.37. The molecule has 0 aromatic heterocycles. The fourth-order valence-corrected chi connectivity index (χ4v) is 1.34. The summed E-state index contributed by atoms with van der Waals surface area (Å²) in [6, 6.07) is 0. The first-order valence-electron chi connectivity index (χ1n) is 5.49. The number of hydrogen-bond acceptors (Lipinski definition) is 8. The zero-order chi connectivity index (χ0) is 11.8. The predicted octanol–water partition coefficient (Wildman–Crippen LogP) is 0.670. The van der Waals surface area contributed by atoms with E-state index in [1.54, 1.807) is 0 Å². The lowest BCUT2D eigenvalue weighted by Crippen LogP contribution is -2.21. The van der Waals surface area contributed by atoms with Crippen LogP contribution in [0.2, 0.25) is 0 Å². The summed E-state index contributed by atoms with van der Waals surface area (Å²) in [5.41, 5.74) is 0. The Morgan fingerprint density at radius 2 is 1.29 bits per heavy atom. The van der Waals surface area contributed by atoms with E-state index in [9.17, 15) is 0 Å². The van der Waals surface area contributed by atoms with Gasteiger partial charge in [0.15, 0.2) is 0 Å². The third-order valence-corrected chi connectivity index (χ3v) is 2.15. The molecule has 0 bridgehead atoms. The van der Waals surface area contributed by atoms with Crippen LogP contribution in [0.4, 0.5) is 0 Å². The second kappa shape index (κ2) is 6.71. The molecule has 0 aliphatic carbocycles. The van der Waals surface area contributed by atoms with Crippen molar-refractivity contribution in [1.82, 2.24) is 10.6 Å². The zero-order valence-electron chi connectivity index (χ0n) is 9.37. The maximum atomic E-state index is 3.77. The van der Waals surface area contributed by atoms with E-state index in [0.29, 0.717) is 11.6 Å². The Morgan fingerprint density at radius 1 is 0.765 bits per heavy atom. The minimum absolute atomic E-state index is 0.414. The SMILES string of the molecule is C1=NC(=C2N=CN=N2)N=N1.C1CNCCNC1. The topological polar surface area (TPSA) is 98.2 Å². The standard InChI is InChI=1S/C5H12N2.C4H2N6/c1-2-6-4-5-7-3-1;1-5-3(9-7-1)4-6-2-8-10-4/h6-7H,1-5H2;1-2H. The maximum Gasteiger partial charge on any atom is 0.223 e. The van der Waals surface area contributed by atoms with Gasteiger partial charge in [0.25, 0.3) is 0 Å². The largest absolute Gasteiger partial charge is 0.315 e. The fraction of sp³-hybridized carbons (Fsp3) is 0.556. The Morgan fingerprint density at radius 3 is 1.71 bits per heavy atom. The van der Waals surface area contributed by atoms with Gasteiger partial charge in [-0.3, -0.25) is 0 Å². The Bertz CT molecular complexity index is 314. The molecular weight excluding hydrogens is 220 g/mol. The lowest BCUT2D eigenvalue weighted by Gasteiger charge is -1.92. The molecule has 0 unspecified atom stereocenters. The van der Waals surface area contributed by atoms with Gasteiger partial charge in [-0.05, 0) is 19.5 Å². The number of hydrogen-bond donors (Lipinski definition) is 2. The fourth-order valence-electron chi connectivity index (χ4n) is 1.34. The Labute approximate surface area is 98.7 Å². The van der Waals surface area contributed by atoms with Crippen LogP contribution in [0, 0.1) is 0 Å². The highest BCUT2D eigenvalue weighted by Gasteiger charge is 2.07. The smallest absolute Gasteiger partial charge is 0.223 e. The first-order chi connectivity index (χ1) is 8.47. The van der Waals surface area contributed by atoms with E-state index in [1.165, 1.54) is 32.2 Å². The van der Waals surface area contributed by atoms with Crippen LogP contribution in [0.5, 0.6) is 0 Å². The number of azo groups is 2. The van der Waals surface area contributed by atoms with Crippen LogP contribution in [0.3, 0.4) is 0 Å². The van der Waals surface area contributed by atoms with Crippen molar-refractivity contribution in [1.29, 1.82) is 0 Å². The van der Waals surface area contributed by atoms with Crippen molar-refractivity contribution in [3.8, 4) is 0 Å². The Kier molecular flexibility index (Phi) is 4.61. The third-order valence-electron chi connectivity index (χ3n) is 2.15. The second-order valence-electron chi connectivity index (χ2n) is 3.42. The van der Waals surface area contributed by atoms with Gasteiger partial charge in [0.2, 0.25) is 11.6 Å². The number of aliphatic imine (C=N–C) groups is 2. The lowest BCUT2D eigenvalue weighted by molar-refractivity contribution is 0.718. The van der Waals surface area contributed by atoms with Gasteiger partial charge in [0.05, 0.1) is 0 Å². The molecule has 0 radical (unpaired) electrons. The first kappa shape index (κ1) is 11.7. The highest BCUT2D eigenvalue weighted by molar-refractivity contribution is 5.62. The van der Waals surface area contributed by atoms with Gasteiger partial charge in [-0.15, -0.1) is 20.5 Å². The summed E-state index contributed by atoms with van der Waals surface area (Å²) < 4.78 is 0. The molecule has 8 nitrogen and oxygen atoms in total. The van der Waals surface area contributed by atoms with E-state index in [-0.39, 0.29) is 0 Å². The van der Waals surface area contributed by atoms with E-state index in [0.717, 1.165) is 13.1 Å². The van der Waals surface area contributed by atoms with Gasteiger partial charge >= 0.3 is 0 Å². The third kappa shape index (κ3) is 3.93. The van der Waals surface area contributed by atoms with E-state index in [2.05, 4.69) is 41.1 Å². The molecule has 3 rings (SSSR count). The molecule has 1 saturated heterocycles. The molecule has 0 spiro atoms. The highest BCUT2D eigenvalue weighted by atomic mass is 15.3. The van der Waals surface area contributed by atoms with Crippen molar-refractivity contribution in [3.63, 3.8) is 0 Å². The number of nitrogens with zero attached hydrogens (tertiary/aromatic N) is 6. The van der Waals surface area contributed by atoms with E-state index < -0.39 is 0 Å². The summed E-state index contributed by atoms with van der Waals surface area (Å²) in [5, 5.41) is 20.9. The average Bonchev–Trinajstić information content (AvgIpc) is 2.97. The van der Waals surface area contributed by atoms with E-state index in [1.807, 2.05) is 0 Å². The molecule has 8 heteroatoms. The molecule has 2 N–H and O–H groups in total. The Balaban J connectivity index is 0.000000136. The molecule has 3 aliphatic rings. The van der Waals surface area contributed by atoms with Gasteiger partial charge in [-0.25, -0.2) is 9.98 Å². The van der Waals surface area contributed by atoms with Crippen LogP contribution < -0.4 is 10.6 Å².